The molecule has 0 saturated carbocycles. The Bertz CT molecular complexity index is 646. The number of aromatic nitrogens is 1. The van der Waals surface area contributed by atoms with Crippen molar-refractivity contribution in [2.75, 3.05) is 13.1 Å². The Kier molecular flexibility index (Phi) is 2.98. The van der Waals surface area contributed by atoms with Crippen LogP contribution < -0.4 is 5.32 Å². The number of fused-ring (bicyclic) bond motifs is 1. The highest BCUT2D eigenvalue weighted by Gasteiger charge is 2.24. The van der Waals surface area contributed by atoms with Crippen LogP contribution in [-0.4, -0.2) is 33.6 Å². The number of nitrogens with zero attached hydrogens (tertiary/aromatic N) is 2. The van der Waals surface area contributed by atoms with Crippen molar-refractivity contribution in [3.05, 3.63) is 36.0 Å². The summed E-state index contributed by atoms with van der Waals surface area (Å²) in [7, 11) is 0. The minimum atomic E-state index is 0.0547. The van der Waals surface area contributed by atoms with Gasteiger partial charge in [-0.25, -0.2) is 0 Å². The molecule has 5 heteroatoms. The fraction of sp³-hybridized carbons (Fsp3) is 0.286. The molecular weight excluding hydrogens is 258 g/mol. The fourth-order valence-corrected chi connectivity index (χ4v) is 2.79. The smallest absolute Gasteiger partial charge is 0.248 e. The van der Waals surface area contributed by atoms with Crippen molar-refractivity contribution < 1.29 is 4.79 Å². The molecule has 1 fully saturated rings. The van der Waals surface area contributed by atoms with Gasteiger partial charge in [0.25, 0.3) is 0 Å². The Hall–Kier alpha value is -1.88. The van der Waals surface area contributed by atoms with Crippen LogP contribution in [-0.2, 0) is 11.3 Å². The van der Waals surface area contributed by atoms with Crippen molar-refractivity contribution >= 4 is 34.1 Å². The van der Waals surface area contributed by atoms with Crippen LogP contribution in [0.3, 0.4) is 0 Å². The minimum Gasteiger partial charge on any atom is -0.353 e. The maximum absolute atomic E-state index is 11.7. The lowest BCUT2D eigenvalue weighted by Crippen LogP contribution is -2.33. The van der Waals surface area contributed by atoms with E-state index in [1.807, 2.05) is 12.1 Å². The van der Waals surface area contributed by atoms with Crippen molar-refractivity contribution in [2.24, 2.45) is 0 Å². The lowest BCUT2D eigenvalue weighted by atomic mass is 10.2. The molecular formula is C14H15N3OS. The van der Waals surface area contributed by atoms with E-state index < -0.39 is 0 Å². The first-order valence-electron chi connectivity index (χ1n) is 6.30. The molecule has 1 aromatic carbocycles. The van der Waals surface area contributed by atoms with Crippen molar-refractivity contribution in [2.45, 2.75) is 13.5 Å². The molecule has 3 rings (SSSR count). The average Bonchev–Trinajstić information content (AvgIpc) is 2.88. The number of para-hydroxylation sites is 1. The second kappa shape index (κ2) is 4.66. The van der Waals surface area contributed by atoms with Gasteiger partial charge < -0.3 is 9.88 Å². The zero-order valence-corrected chi connectivity index (χ0v) is 11.5. The highest BCUT2D eigenvalue weighted by molar-refractivity contribution is 7.80. The summed E-state index contributed by atoms with van der Waals surface area (Å²) < 4.78 is 2.23. The van der Waals surface area contributed by atoms with Crippen LogP contribution in [0.1, 0.15) is 5.69 Å². The van der Waals surface area contributed by atoms with Crippen LogP contribution in [0.4, 0.5) is 0 Å². The molecule has 98 valence electrons. The van der Waals surface area contributed by atoms with E-state index in [-0.39, 0.29) is 5.91 Å². The Morgan fingerprint density at radius 1 is 1.32 bits per heavy atom. The second-order valence-corrected chi connectivity index (χ2v) is 5.09. The first-order chi connectivity index (χ1) is 9.16. The molecule has 0 spiro atoms. The van der Waals surface area contributed by atoms with Crippen molar-refractivity contribution in [1.29, 1.82) is 0 Å². The van der Waals surface area contributed by atoms with Crippen LogP contribution >= 0.6 is 12.2 Å². The van der Waals surface area contributed by atoms with Crippen molar-refractivity contribution in [1.82, 2.24) is 14.8 Å². The van der Waals surface area contributed by atoms with Crippen LogP contribution in [0.15, 0.2) is 30.3 Å². The fourth-order valence-electron chi connectivity index (χ4n) is 2.53. The molecule has 2 aromatic rings. The second-order valence-electron chi connectivity index (χ2n) is 4.70. The zero-order chi connectivity index (χ0) is 13.4. The van der Waals surface area contributed by atoms with E-state index >= 15 is 0 Å². The lowest BCUT2D eigenvalue weighted by Gasteiger charge is -2.16. The molecule has 1 N–H and O–H groups in total. The van der Waals surface area contributed by atoms with Crippen molar-refractivity contribution in [3.63, 3.8) is 0 Å². The van der Waals surface area contributed by atoms with E-state index in [0.717, 1.165) is 6.54 Å². The number of nitrogens with one attached hydrogen (secondary N) is 1. The van der Waals surface area contributed by atoms with E-state index in [1.165, 1.54) is 16.6 Å². The van der Waals surface area contributed by atoms with Crippen molar-refractivity contribution in [3.8, 4) is 0 Å². The maximum atomic E-state index is 11.7. The van der Waals surface area contributed by atoms with Gasteiger partial charge in [0.15, 0.2) is 5.11 Å². The highest BCUT2D eigenvalue weighted by atomic mass is 32.1. The Morgan fingerprint density at radius 3 is 2.84 bits per heavy atom. The number of hydrogen-bond acceptors (Lipinski definition) is 2. The predicted octanol–water partition coefficient (Wildman–Crippen LogP) is 1.67. The molecule has 4 nitrogen and oxygen atoms in total. The summed E-state index contributed by atoms with van der Waals surface area (Å²) in [5.41, 5.74) is 2.40. The molecule has 1 aromatic heterocycles. The van der Waals surface area contributed by atoms with E-state index in [0.29, 0.717) is 18.2 Å². The van der Waals surface area contributed by atoms with Gasteiger partial charge in [0, 0.05) is 24.3 Å². The number of hydrogen-bond donors (Lipinski definition) is 1. The van der Waals surface area contributed by atoms with Crippen LogP contribution in [0.5, 0.6) is 0 Å². The van der Waals surface area contributed by atoms with E-state index in [2.05, 4.69) is 35.0 Å². The van der Waals surface area contributed by atoms with Gasteiger partial charge in [-0.15, -0.1) is 0 Å². The third kappa shape index (κ3) is 2.10. The van der Waals surface area contributed by atoms with Gasteiger partial charge in [-0.3, -0.25) is 9.69 Å². The van der Waals surface area contributed by atoms with Gasteiger partial charge in [-0.1, -0.05) is 18.2 Å². The first-order valence-corrected chi connectivity index (χ1v) is 6.71. The molecule has 2 heterocycles. The summed E-state index contributed by atoms with van der Waals surface area (Å²) in [5.74, 6) is 0.0547. The van der Waals surface area contributed by atoms with E-state index in [1.54, 1.807) is 4.90 Å². The third-order valence-corrected chi connectivity index (χ3v) is 3.87. The number of benzene rings is 1. The van der Waals surface area contributed by atoms with Gasteiger partial charge in [-0.05, 0) is 36.7 Å². The minimum absolute atomic E-state index is 0.0547. The molecule has 0 unspecified atom stereocenters. The average molecular weight is 273 g/mol. The molecule has 19 heavy (non-hydrogen) atoms. The SMILES string of the molecule is Cc1cc2ccccc2n1CCN1C(=O)CNC1=S. The number of aryl methyl sites for hydroxylation is 1. The zero-order valence-electron chi connectivity index (χ0n) is 10.7. The Labute approximate surface area is 117 Å². The quantitative estimate of drug-likeness (QED) is 0.864. The topological polar surface area (TPSA) is 37.3 Å². The number of thiocarbonyl (C=S) groups is 1. The van der Waals surface area contributed by atoms with Gasteiger partial charge in [0.05, 0.1) is 6.54 Å². The van der Waals surface area contributed by atoms with Crippen LogP contribution in [0.2, 0.25) is 0 Å². The molecule has 0 radical (unpaired) electrons. The summed E-state index contributed by atoms with van der Waals surface area (Å²) in [4.78, 5) is 13.3. The summed E-state index contributed by atoms with van der Waals surface area (Å²) in [6, 6.07) is 10.4. The monoisotopic (exact) mass is 273 g/mol. The first kappa shape index (κ1) is 12.2. The third-order valence-electron chi connectivity index (χ3n) is 3.50. The molecule has 1 aliphatic rings. The van der Waals surface area contributed by atoms with E-state index in [4.69, 9.17) is 12.2 Å². The molecule has 1 saturated heterocycles. The summed E-state index contributed by atoms with van der Waals surface area (Å²) in [6.45, 7) is 3.78. The maximum Gasteiger partial charge on any atom is 0.248 e. The number of carbonyl (C=O) groups excluding carboxylic acids is 1. The van der Waals surface area contributed by atoms with Crippen LogP contribution in [0, 0.1) is 6.92 Å². The molecule has 0 aliphatic carbocycles. The number of carbonyl (C=O) groups is 1. The molecule has 1 amide bonds. The number of amides is 1. The standard InChI is InChI=1S/C14H15N3OS/c1-10-8-11-4-2-3-5-12(11)16(10)6-7-17-13(18)9-15-14(17)19/h2-5,8H,6-7,9H2,1H3,(H,15,19). The molecule has 1 aliphatic heterocycles. The summed E-state index contributed by atoms with van der Waals surface area (Å²) in [5, 5.41) is 4.67. The Balaban J connectivity index is 1.84. The summed E-state index contributed by atoms with van der Waals surface area (Å²) >= 11 is 5.13. The molecule has 0 bridgehead atoms. The van der Waals surface area contributed by atoms with Gasteiger partial charge in [0.2, 0.25) is 5.91 Å². The predicted molar refractivity (Wildman–Crippen MR) is 79.0 cm³/mol. The molecule has 0 atom stereocenters. The van der Waals surface area contributed by atoms with Gasteiger partial charge >= 0.3 is 0 Å². The lowest BCUT2D eigenvalue weighted by molar-refractivity contribution is -0.124. The summed E-state index contributed by atoms with van der Waals surface area (Å²) in [6.07, 6.45) is 0. The van der Waals surface area contributed by atoms with Gasteiger partial charge in [0.1, 0.15) is 0 Å². The van der Waals surface area contributed by atoms with Crippen LogP contribution in [0.25, 0.3) is 10.9 Å². The number of rotatable bonds is 3. The largest absolute Gasteiger partial charge is 0.353 e. The van der Waals surface area contributed by atoms with E-state index in [9.17, 15) is 4.79 Å². The normalized spacial score (nSPS) is 15.3. The Morgan fingerprint density at radius 2 is 2.11 bits per heavy atom. The highest BCUT2D eigenvalue weighted by Crippen LogP contribution is 2.19. The van der Waals surface area contributed by atoms with Gasteiger partial charge in [-0.2, -0.15) is 0 Å².